The minimum atomic E-state index is 0.384. The molecule has 0 atom stereocenters. The molecule has 142 valence electrons. The van der Waals surface area contributed by atoms with Gasteiger partial charge in [-0.05, 0) is 29.1 Å². The molecule has 0 aliphatic heterocycles. The number of hydrogen-bond acceptors (Lipinski definition) is 5. The number of nitriles is 1. The topological polar surface area (TPSA) is 76.9 Å². The maximum Gasteiger partial charge on any atom is 0.172 e. The molecule has 0 radical (unpaired) electrons. The number of halogens is 1. The summed E-state index contributed by atoms with van der Waals surface area (Å²) >= 11 is 4.00. The summed E-state index contributed by atoms with van der Waals surface area (Å²) in [7, 11) is 0. The normalized spacial score (nSPS) is 10.9. The van der Waals surface area contributed by atoms with Crippen LogP contribution in [-0.2, 0) is 4.43 Å². The van der Waals surface area contributed by atoms with E-state index in [0.717, 1.165) is 21.2 Å². The van der Waals surface area contributed by atoms with Crippen molar-refractivity contribution >= 4 is 57.5 Å². The van der Waals surface area contributed by atoms with Gasteiger partial charge in [0.25, 0.3) is 0 Å². The lowest BCUT2D eigenvalue weighted by atomic mass is 10.1. The Kier molecular flexibility index (Phi) is 6.03. The Balaban J connectivity index is 1.62. The van der Waals surface area contributed by atoms with Gasteiger partial charge >= 0.3 is 0 Å². The maximum atomic E-state index is 9.65. The molecule has 2 aromatic carbocycles. The highest BCUT2D eigenvalue weighted by Gasteiger charge is 2.13. The summed E-state index contributed by atoms with van der Waals surface area (Å²) < 4.78 is 0.915. The highest BCUT2D eigenvalue weighted by molar-refractivity contribution is 14.1. The summed E-state index contributed by atoms with van der Waals surface area (Å²) in [5.41, 5.74) is 4.57. The number of hydrogen-bond donors (Lipinski definition) is 2. The van der Waals surface area contributed by atoms with Crippen LogP contribution in [0.25, 0.3) is 10.4 Å². The molecule has 2 heterocycles. The van der Waals surface area contributed by atoms with Gasteiger partial charge < -0.3 is 5.32 Å². The molecule has 2 N–H and O–H groups in total. The van der Waals surface area contributed by atoms with Gasteiger partial charge in [0.1, 0.15) is 11.6 Å². The first-order valence-electron chi connectivity index (χ1n) is 8.86. The quantitative estimate of drug-likeness (QED) is 0.179. The largest absolute Gasteiger partial charge is 0.338 e. The van der Waals surface area contributed by atoms with E-state index in [1.165, 1.54) is 10.4 Å². The Morgan fingerprint density at radius 1 is 1.17 bits per heavy atom. The molecule has 5 nitrogen and oxygen atoms in total. The number of benzene rings is 2. The SMILES string of the molecule is N#Cc1c(Nc2cccc(CI)c2)n[nH]c1/N=C/c1ccccc1-c1cccs1. The average Bonchev–Trinajstić information content (AvgIpc) is 3.42. The summed E-state index contributed by atoms with van der Waals surface area (Å²) in [6.07, 6.45) is 1.77. The highest BCUT2D eigenvalue weighted by Crippen LogP contribution is 2.29. The van der Waals surface area contributed by atoms with Crippen LogP contribution < -0.4 is 5.32 Å². The average molecular weight is 509 g/mol. The first-order valence-corrected chi connectivity index (χ1v) is 11.3. The number of thiophene rings is 1. The number of nitrogens with one attached hydrogen (secondary N) is 2. The lowest BCUT2D eigenvalue weighted by molar-refractivity contribution is 1.09. The lowest BCUT2D eigenvalue weighted by Gasteiger charge is -2.05. The van der Waals surface area contributed by atoms with E-state index in [1.54, 1.807) is 17.6 Å². The van der Waals surface area contributed by atoms with E-state index in [1.807, 2.05) is 42.5 Å². The molecule has 0 unspecified atom stereocenters. The summed E-state index contributed by atoms with van der Waals surface area (Å²) in [6, 6.07) is 22.4. The van der Waals surface area contributed by atoms with Crippen molar-refractivity contribution in [3.63, 3.8) is 0 Å². The molecule has 0 saturated heterocycles. The Labute approximate surface area is 186 Å². The van der Waals surface area contributed by atoms with Crippen molar-refractivity contribution in [2.75, 3.05) is 5.32 Å². The summed E-state index contributed by atoms with van der Waals surface area (Å²) in [6.45, 7) is 0. The third-order valence-corrected chi connectivity index (χ3v) is 6.07. The summed E-state index contributed by atoms with van der Waals surface area (Å²) in [5, 5.41) is 22.0. The predicted molar refractivity (Wildman–Crippen MR) is 128 cm³/mol. The second-order valence-electron chi connectivity index (χ2n) is 6.19. The zero-order valence-electron chi connectivity index (χ0n) is 15.3. The van der Waals surface area contributed by atoms with E-state index < -0.39 is 0 Å². The van der Waals surface area contributed by atoms with Crippen LogP contribution in [0.1, 0.15) is 16.7 Å². The number of H-pyrrole nitrogens is 1. The Hall–Kier alpha value is -2.96. The molecule has 29 heavy (non-hydrogen) atoms. The molecule has 0 fully saturated rings. The molecule has 0 aliphatic rings. The minimum Gasteiger partial charge on any atom is -0.338 e. The smallest absolute Gasteiger partial charge is 0.172 e. The van der Waals surface area contributed by atoms with Crippen LogP contribution in [-0.4, -0.2) is 16.4 Å². The molecule has 7 heteroatoms. The van der Waals surface area contributed by atoms with E-state index >= 15 is 0 Å². The molecule has 0 aliphatic carbocycles. The van der Waals surface area contributed by atoms with Crippen molar-refractivity contribution in [3.05, 3.63) is 82.7 Å². The van der Waals surface area contributed by atoms with E-state index in [0.29, 0.717) is 17.2 Å². The van der Waals surface area contributed by atoms with E-state index in [-0.39, 0.29) is 0 Å². The fourth-order valence-electron chi connectivity index (χ4n) is 2.89. The number of alkyl halides is 1. The fourth-order valence-corrected chi connectivity index (χ4v) is 4.14. The second-order valence-corrected chi connectivity index (χ2v) is 7.90. The van der Waals surface area contributed by atoms with Gasteiger partial charge in [0.2, 0.25) is 0 Å². The van der Waals surface area contributed by atoms with Gasteiger partial charge in [-0.1, -0.05) is 65.1 Å². The molecule has 0 spiro atoms. The van der Waals surface area contributed by atoms with Crippen LogP contribution in [0.15, 0.2) is 71.0 Å². The third kappa shape index (κ3) is 4.39. The van der Waals surface area contributed by atoms with Crippen molar-refractivity contribution in [2.24, 2.45) is 4.99 Å². The summed E-state index contributed by atoms with van der Waals surface area (Å²) in [5.74, 6) is 0.901. The minimum absolute atomic E-state index is 0.384. The number of aromatic nitrogens is 2. The predicted octanol–water partition coefficient (Wildman–Crippen LogP) is 6.44. The zero-order chi connectivity index (χ0) is 20.1. The van der Waals surface area contributed by atoms with Gasteiger partial charge in [0.15, 0.2) is 11.6 Å². The molecule has 0 saturated carbocycles. The maximum absolute atomic E-state index is 9.65. The highest BCUT2D eigenvalue weighted by atomic mass is 127. The molecular formula is C22H16IN5S. The van der Waals surface area contributed by atoms with Gasteiger partial charge in [0, 0.05) is 32.3 Å². The van der Waals surface area contributed by atoms with Gasteiger partial charge in [-0.25, -0.2) is 4.99 Å². The molecule has 2 aromatic heterocycles. The first kappa shape index (κ1) is 19.4. The van der Waals surface area contributed by atoms with Crippen molar-refractivity contribution < 1.29 is 0 Å². The van der Waals surface area contributed by atoms with Crippen LogP contribution in [0.3, 0.4) is 0 Å². The van der Waals surface area contributed by atoms with Crippen molar-refractivity contribution in [2.45, 2.75) is 4.43 Å². The molecule has 0 bridgehead atoms. The number of aliphatic imine (C=N–C) groups is 1. The van der Waals surface area contributed by atoms with Gasteiger partial charge in [-0.3, -0.25) is 5.10 Å². The van der Waals surface area contributed by atoms with Crippen LogP contribution in [0.5, 0.6) is 0 Å². The standard InChI is InChI=1S/C22H16IN5S/c23-12-15-5-3-7-17(11-15)26-22-19(13-24)21(27-28-22)25-14-16-6-1-2-8-18(16)20-9-4-10-29-20/h1-11,14H,12H2,(H2,26,27,28)/b25-14+. The first-order chi connectivity index (χ1) is 14.3. The van der Waals surface area contributed by atoms with Crippen molar-refractivity contribution in [3.8, 4) is 16.5 Å². The number of nitrogens with zero attached hydrogens (tertiary/aromatic N) is 3. The fraction of sp³-hybridized carbons (Fsp3) is 0.0455. The third-order valence-electron chi connectivity index (χ3n) is 4.28. The lowest BCUT2D eigenvalue weighted by Crippen LogP contribution is -1.93. The van der Waals surface area contributed by atoms with Crippen LogP contribution in [0.2, 0.25) is 0 Å². The summed E-state index contributed by atoms with van der Waals surface area (Å²) in [4.78, 5) is 5.69. The van der Waals surface area contributed by atoms with Crippen LogP contribution in [0, 0.1) is 11.3 Å². The Morgan fingerprint density at radius 2 is 2.07 bits per heavy atom. The van der Waals surface area contributed by atoms with Crippen molar-refractivity contribution in [1.82, 2.24) is 10.2 Å². The van der Waals surface area contributed by atoms with E-state index in [9.17, 15) is 5.26 Å². The van der Waals surface area contributed by atoms with Crippen LogP contribution in [0.4, 0.5) is 17.3 Å². The van der Waals surface area contributed by atoms with Gasteiger partial charge in [0.05, 0.1) is 0 Å². The monoisotopic (exact) mass is 509 g/mol. The van der Waals surface area contributed by atoms with E-state index in [2.05, 4.69) is 72.7 Å². The Morgan fingerprint density at radius 3 is 2.86 bits per heavy atom. The van der Waals surface area contributed by atoms with Crippen molar-refractivity contribution in [1.29, 1.82) is 5.26 Å². The molecular weight excluding hydrogens is 493 g/mol. The zero-order valence-corrected chi connectivity index (χ0v) is 18.2. The van der Waals surface area contributed by atoms with E-state index in [4.69, 9.17) is 0 Å². The van der Waals surface area contributed by atoms with Gasteiger partial charge in [-0.15, -0.1) is 11.3 Å². The number of aromatic amines is 1. The molecule has 0 amide bonds. The Bertz CT molecular complexity index is 1190. The van der Waals surface area contributed by atoms with Crippen LogP contribution >= 0.6 is 33.9 Å². The van der Waals surface area contributed by atoms with Gasteiger partial charge in [-0.2, -0.15) is 10.4 Å². The molecule has 4 aromatic rings. The second kappa shape index (κ2) is 9.03. The number of rotatable bonds is 6. The molecule has 4 rings (SSSR count). The number of anilines is 2.